The highest BCUT2D eigenvalue weighted by Gasteiger charge is 2.16. The van der Waals surface area contributed by atoms with Crippen molar-refractivity contribution in [1.29, 1.82) is 0 Å². The highest BCUT2D eigenvalue weighted by molar-refractivity contribution is 5.99. The van der Waals surface area contributed by atoms with Crippen LogP contribution in [0.25, 0.3) is 0 Å². The van der Waals surface area contributed by atoms with Gasteiger partial charge in [-0.15, -0.1) is 0 Å². The van der Waals surface area contributed by atoms with Crippen molar-refractivity contribution in [2.75, 3.05) is 17.2 Å². The Morgan fingerprint density at radius 3 is 2.21 bits per heavy atom. The Kier molecular flexibility index (Phi) is 8.24. The number of carbonyl (C=O) groups excluding carboxylic acids is 3. The van der Waals surface area contributed by atoms with Crippen LogP contribution in [0.3, 0.4) is 0 Å². The van der Waals surface area contributed by atoms with Gasteiger partial charge < -0.3 is 20.7 Å². The molecule has 7 heteroatoms. The molecule has 2 rings (SSSR count). The van der Waals surface area contributed by atoms with Crippen LogP contribution >= 0.6 is 0 Å². The maximum Gasteiger partial charge on any atom is 0.407 e. The zero-order valence-electron chi connectivity index (χ0n) is 17.4. The van der Waals surface area contributed by atoms with Gasteiger partial charge >= 0.3 is 6.09 Å². The second kappa shape index (κ2) is 10.6. The van der Waals surface area contributed by atoms with Crippen molar-refractivity contribution in [2.45, 2.75) is 58.5 Å². The van der Waals surface area contributed by atoms with Crippen molar-refractivity contribution in [3.8, 4) is 0 Å². The lowest BCUT2D eigenvalue weighted by atomic mass is 10.1. The number of rotatable bonds is 7. The van der Waals surface area contributed by atoms with E-state index in [1.54, 1.807) is 51.1 Å². The third-order valence-corrected chi connectivity index (χ3v) is 4.38. The molecule has 0 radical (unpaired) electrons. The van der Waals surface area contributed by atoms with E-state index in [1.807, 2.05) is 6.08 Å². The Labute approximate surface area is 172 Å². The van der Waals surface area contributed by atoms with Crippen molar-refractivity contribution in [3.63, 3.8) is 0 Å². The Morgan fingerprint density at radius 1 is 1.03 bits per heavy atom. The van der Waals surface area contributed by atoms with Crippen LogP contribution in [0, 0.1) is 5.92 Å². The molecular formula is C22H31N3O4. The molecule has 1 saturated carbocycles. The highest BCUT2D eigenvalue weighted by Crippen LogP contribution is 2.25. The molecule has 29 heavy (non-hydrogen) atoms. The van der Waals surface area contributed by atoms with Crippen LogP contribution in [0.2, 0.25) is 0 Å². The molecule has 1 fully saturated rings. The van der Waals surface area contributed by atoms with Gasteiger partial charge in [0.1, 0.15) is 5.60 Å². The summed E-state index contributed by atoms with van der Waals surface area (Å²) in [6.45, 7) is 5.51. The Hall–Kier alpha value is -2.83. The van der Waals surface area contributed by atoms with Gasteiger partial charge in [0.15, 0.2) is 0 Å². The second-order valence-electron chi connectivity index (χ2n) is 8.20. The average molecular weight is 402 g/mol. The van der Waals surface area contributed by atoms with E-state index in [1.165, 1.54) is 12.8 Å². The van der Waals surface area contributed by atoms with Crippen LogP contribution in [0.15, 0.2) is 36.4 Å². The maximum atomic E-state index is 12.0. The topological polar surface area (TPSA) is 96.5 Å². The van der Waals surface area contributed by atoms with Gasteiger partial charge in [0.05, 0.1) is 0 Å². The van der Waals surface area contributed by atoms with Crippen LogP contribution in [-0.2, 0) is 14.3 Å². The normalized spacial score (nSPS) is 14.6. The molecule has 1 aromatic rings. The summed E-state index contributed by atoms with van der Waals surface area (Å²) in [4.78, 5) is 35.5. The van der Waals surface area contributed by atoms with Gasteiger partial charge in [-0.05, 0) is 69.9 Å². The number of benzene rings is 1. The third kappa shape index (κ3) is 9.27. The largest absolute Gasteiger partial charge is 0.444 e. The summed E-state index contributed by atoms with van der Waals surface area (Å²) in [5, 5.41) is 8.10. The molecule has 0 heterocycles. The monoisotopic (exact) mass is 401 g/mol. The SMILES string of the molecule is CC(C)(C)OC(=O)NCCC(=O)Nc1ccc(NC(=O)/C=C/C2CCCC2)cc1. The highest BCUT2D eigenvalue weighted by atomic mass is 16.6. The minimum atomic E-state index is -0.574. The van der Waals surface area contributed by atoms with Gasteiger partial charge in [0.2, 0.25) is 11.8 Å². The number of ether oxygens (including phenoxy) is 1. The fourth-order valence-corrected chi connectivity index (χ4v) is 3.01. The van der Waals surface area contributed by atoms with E-state index in [-0.39, 0.29) is 24.8 Å². The molecule has 1 aliphatic rings. The minimum absolute atomic E-state index is 0.129. The van der Waals surface area contributed by atoms with E-state index in [9.17, 15) is 14.4 Å². The summed E-state index contributed by atoms with van der Waals surface area (Å²) in [5.74, 6) is 0.141. The first-order valence-corrected chi connectivity index (χ1v) is 10.1. The zero-order valence-corrected chi connectivity index (χ0v) is 17.4. The van der Waals surface area contributed by atoms with Gasteiger partial charge in [-0.3, -0.25) is 9.59 Å². The van der Waals surface area contributed by atoms with E-state index in [0.717, 1.165) is 12.8 Å². The number of carbonyl (C=O) groups is 3. The molecule has 0 unspecified atom stereocenters. The molecule has 0 atom stereocenters. The lowest BCUT2D eigenvalue weighted by Gasteiger charge is -2.19. The van der Waals surface area contributed by atoms with E-state index < -0.39 is 11.7 Å². The molecule has 7 nitrogen and oxygen atoms in total. The van der Waals surface area contributed by atoms with E-state index >= 15 is 0 Å². The van der Waals surface area contributed by atoms with Crippen molar-refractivity contribution < 1.29 is 19.1 Å². The first-order chi connectivity index (χ1) is 13.7. The quantitative estimate of drug-likeness (QED) is 0.596. The molecule has 1 aliphatic carbocycles. The van der Waals surface area contributed by atoms with Crippen LogP contribution in [0.4, 0.5) is 16.2 Å². The minimum Gasteiger partial charge on any atom is -0.444 e. The van der Waals surface area contributed by atoms with E-state index in [0.29, 0.717) is 17.3 Å². The lowest BCUT2D eigenvalue weighted by Crippen LogP contribution is -2.34. The van der Waals surface area contributed by atoms with Crippen LogP contribution in [0.1, 0.15) is 52.9 Å². The Balaban J connectivity index is 1.70. The van der Waals surface area contributed by atoms with E-state index in [2.05, 4.69) is 16.0 Å². The fourth-order valence-electron chi connectivity index (χ4n) is 3.01. The summed E-state index contributed by atoms with van der Waals surface area (Å²) in [6, 6.07) is 6.90. The predicted octanol–water partition coefficient (Wildman–Crippen LogP) is 4.22. The summed E-state index contributed by atoms with van der Waals surface area (Å²) >= 11 is 0. The first kappa shape index (κ1) is 22.5. The van der Waals surface area contributed by atoms with Crippen molar-refractivity contribution >= 4 is 29.3 Å². The zero-order chi connectivity index (χ0) is 21.3. The van der Waals surface area contributed by atoms with Gasteiger partial charge in [-0.1, -0.05) is 18.9 Å². The number of allylic oxidation sites excluding steroid dienone is 1. The van der Waals surface area contributed by atoms with Crippen molar-refractivity contribution in [2.24, 2.45) is 5.92 Å². The Bertz CT molecular complexity index is 729. The maximum absolute atomic E-state index is 12.0. The summed E-state index contributed by atoms with van der Waals surface area (Å²) in [7, 11) is 0. The van der Waals surface area contributed by atoms with Crippen LogP contribution in [0.5, 0.6) is 0 Å². The molecular weight excluding hydrogens is 370 g/mol. The van der Waals surface area contributed by atoms with Gasteiger partial charge in [-0.2, -0.15) is 0 Å². The smallest absolute Gasteiger partial charge is 0.407 e. The molecule has 1 aromatic carbocycles. The van der Waals surface area contributed by atoms with Crippen molar-refractivity contribution in [1.82, 2.24) is 5.32 Å². The number of hydrogen-bond acceptors (Lipinski definition) is 4. The lowest BCUT2D eigenvalue weighted by molar-refractivity contribution is -0.116. The van der Waals surface area contributed by atoms with Crippen LogP contribution < -0.4 is 16.0 Å². The number of alkyl carbamates (subject to hydrolysis) is 1. The number of amides is 3. The molecule has 0 bridgehead atoms. The van der Waals surface area contributed by atoms with E-state index in [4.69, 9.17) is 4.74 Å². The predicted molar refractivity (Wildman–Crippen MR) is 114 cm³/mol. The molecule has 3 amide bonds. The molecule has 0 saturated heterocycles. The molecule has 158 valence electrons. The average Bonchev–Trinajstić information content (AvgIpc) is 3.14. The molecule has 0 aliphatic heterocycles. The van der Waals surface area contributed by atoms with Gasteiger partial charge in [-0.25, -0.2) is 4.79 Å². The number of anilines is 2. The van der Waals surface area contributed by atoms with Crippen LogP contribution in [-0.4, -0.2) is 30.1 Å². The standard InChI is InChI=1S/C22H31N3O4/c1-22(2,3)29-21(28)23-15-14-20(27)25-18-11-9-17(10-12-18)24-19(26)13-8-16-6-4-5-7-16/h8-13,16H,4-7,14-15H2,1-3H3,(H,23,28)(H,24,26)(H,25,27)/b13-8+. The van der Waals surface area contributed by atoms with Gasteiger partial charge in [0, 0.05) is 24.3 Å². The number of nitrogens with one attached hydrogen (secondary N) is 3. The molecule has 0 aromatic heterocycles. The molecule has 3 N–H and O–H groups in total. The van der Waals surface area contributed by atoms with Gasteiger partial charge in [0.25, 0.3) is 0 Å². The second-order valence-corrected chi connectivity index (χ2v) is 8.20. The summed E-state index contributed by atoms with van der Waals surface area (Å²) in [5.41, 5.74) is 0.706. The Morgan fingerprint density at radius 2 is 1.62 bits per heavy atom. The summed E-state index contributed by atoms with van der Waals surface area (Å²) < 4.78 is 5.11. The molecule has 0 spiro atoms. The number of hydrogen-bond donors (Lipinski definition) is 3. The summed E-state index contributed by atoms with van der Waals surface area (Å²) in [6.07, 6.45) is 7.96. The first-order valence-electron chi connectivity index (χ1n) is 10.1. The fraction of sp³-hybridized carbons (Fsp3) is 0.500. The van der Waals surface area contributed by atoms with Crippen molar-refractivity contribution in [3.05, 3.63) is 36.4 Å². The third-order valence-electron chi connectivity index (χ3n) is 4.38.